The summed E-state index contributed by atoms with van der Waals surface area (Å²) in [4.78, 5) is 24.0. The first-order chi connectivity index (χ1) is 13.7. The molecule has 28 heavy (non-hydrogen) atoms. The lowest BCUT2D eigenvalue weighted by molar-refractivity contribution is 0.0691. The quantitative estimate of drug-likeness (QED) is 0.819. The molecule has 1 aromatic heterocycles. The number of rotatable bonds is 4. The highest BCUT2D eigenvalue weighted by atomic mass is 16.2. The second kappa shape index (κ2) is 8.74. The first kappa shape index (κ1) is 18.9. The molecule has 0 N–H and O–H groups in total. The molecule has 0 spiro atoms. The van der Waals surface area contributed by atoms with E-state index in [9.17, 15) is 4.79 Å². The molecule has 5 heteroatoms. The van der Waals surface area contributed by atoms with Crippen LogP contribution in [0.15, 0.2) is 48.7 Å². The van der Waals surface area contributed by atoms with Gasteiger partial charge in [0.1, 0.15) is 5.69 Å². The average molecular weight is 379 g/mol. The van der Waals surface area contributed by atoms with Crippen LogP contribution >= 0.6 is 0 Å². The van der Waals surface area contributed by atoms with Gasteiger partial charge in [0.15, 0.2) is 0 Å². The van der Waals surface area contributed by atoms with Crippen LogP contribution < -0.4 is 4.90 Å². The molecule has 2 saturated heterocycles. The Morgan fingerprint density at radius 1 is 0.964 bits per heavy atom. The van der Waals surface area contributed by atoms with Gasteiger partial charge in [-0.2, -0.15) is 0 Å². The lowest BCUT2D eigenvalue weighted by Crippen LogP contribution is -2.46. The summed E-state index contributed by atoms with van der Waals surface area (Å²) in [6, 6.07) is 14.6. The number of nitrogens with zero attached hydrogens (tertiary/aromatic N) is 4. The van der Waals surface area contributed by atoms with Gasteiger partial charge in [0, 0.05) is 45.8 Å². The second-order valence-corrected chi connectivity index (χ2v) is 8.13. The first-order valence-corrected chi connectivity index (χ1v) is 10.5. The number of aromatic nitrogens is 1. The van der Waals surface area contributed by atoms with E-state index in [4.69, 9.17) is 0 Å². The van der Waals surface area contributed by atoms with Crippen LogP contribution in [0.25, 0.3) is 0 Å². The standard InChI is InChI=1S/C23H30N4O/c1-19-9-11-27(12-10-19)23(28)22-8-7-21(17-24-22)26-15-13-25(14-16-26)18-20-5-3-2-4-6-20/h2-8,17,19H,9-16,18H2,1H3. The lowest BCUT2D eigenvalue weighted by atomic mass is 9.99. The fourth-order valence-electron chi connectivity index (χ4n) is 4.08. The Morgan fingerprint density at radius 2 is 1.68 bits per heavy atom. The lowest BCUT2D eigenvalue weighted by Gasteiger charge is -2.36. The molecule has 5 nitrogen and oxygen atoms in total. The van der Waals surface area contributed by atoms with Crippen molar-refractivity contribution in [1.82, 2.24) is 14.8 Å². The van der Waals surface area contributed by atoms with Crippen molar-refractivity contribution >= 4 is 11.6 Å². The molecule has 2 aromatic rings. The Bertz CT molecular complexity index is 761. The fourth-order valence-corrected chi connectivity index (χ4v) is 4.08. The van der Waals surface area contributed by atoms with Gasteiger partial charge in [0.25, 0.3) is 5.91 Å². The number of pyridine rings is 1. The van der Waals surface area contributed by atoms with Gasteiger partial charge >= 0.3 is 0 Å². The number of benzene rings is 1. The maximum Gasteiger partial charge on any atom is 0.272 e. The van der Waals surface area contributed by atoms with Crippen LogP contribution in [0.1, 0.15) is 35.8 Å². The van der Waals surface area contributed by atoms with Gasteiger partial charge in [-0.05, 0) is 36.5 Å². The first-order valence-electron chi connectivity index (χ1n) is 10.5. The fraction of sp³-hybridized carbons (Fsp3) is 0.478. The Labute approximate surface area is 168 Å². The van der Waals surface area contributed by atoms with E-state index in [1.807, 2.05) is 17.2 Å². The number of piperidine rings is 1. The van der Waals surface area contributed by atoms with E-state index in [0.29, 0.717) is 5.69 Å². The summed E-state index contributed by atoms with van der Waals surface area (Å²) in [5.41, 5.74) is 3.05. The predicted octanol–water partition coefficient (Wildman–Crippen LogP) is 3.28. The largest absolute Gasteiger partial charge is 0.368 e. The maximum atomic E-state index is 12.7. The second-order valence-electron chi connectivity index (χ2n) is 8.13. The number of anilines is 1. The number of piperazine rings is 1. The number of carbonyl (C=O) groups is 1. The summed E-state index contributed by atoms with van der Waals surface area (Å²) in [6.07, 6.45) is 4.06. The summed E-state index contributed by atoms with van der Waals surface area (Å²) >= 11 is 0. The smallest absolute Gasteiger partial charge is 0.272 e. The molecule has 3 heterocycles. The molecule has 2 aliphatic rings. The van der Waals surface area contributed by atoms with E-state index in [1.165, 1.54) is 5.56 Å². The number of carbonyl (C=O) groups excluding carboxylic acids is 1. The SMILES string of the molecule is CC1CCN(C(=O)c2ccc(N3CCN(Cc4ccccc4)CC3)cn2)CC1. The van der Waals surface area contributed by atoms with Crippen LogP contribution in [-0.4, -0.2) is 60.0 Å². The number of likely N-dealkylation sites (tertiary alicyclic amines) is 1. The van der Waals surface area contributed by atoms with Crippen molar-refractivity contribution in [2.24, 2.45) is 5.92 Å². The monoisotopic (exact) mass is 378 g/mol. The van der Waals surface area contributed by atoms with E-state index >= 15 is 0 Å². The normalized spacial score (nSPS) is 19.0. The van der Waals surface area contributed by atoms with E-state index in [1.54, 1.807) is 0 Å². The van der Waals surface area contributed by atoms with Crippen LogP contribution in [0.5, 0.6) is 0 Å². The molecule has 148 valence electrons. The van der Waals surface area contributed by atoms with Gasteiger partial charge in [-0.25, -0.2) is 4.98 Å². The molecular weight excluding hydrogens is 348 g/mol. The van der Waals surface area contributed by atoms with Crippen molar-refractivity contribution in [3.05, 3.63) is 59.9 Å². The molecule has 0 aliphatic carbocycles. The minimum atomic E-state index is 0.0751. The Hall–Kier alpha value is -2.40. The van der Waals surface area contributed by atoms with Crippen molar-refractivity contribution in [3.8, 4) is 0 Å². The van der Waals surface area contributed by atoms with Crippen molar-refractivity contribution in [2.75, 3.05) is 44.2 Å². The molecule has 2 fully saturated rings. The zero-order valence-electron chi connectivity index (χ0n) is 16.8. The molecule has 0 radical (unpaired) electrons. The third-order valence-corrected chi connectivity index (χ3v) is 6.02. The van der Waals surface area contributed by atoms with Crippen LogP contribution in [0, 0.1) is 5.92 Å². The molecule has 0 bridgehead atoms. The van der Waals surface area contributed by atoms with E-state index in [0.717, 1.165) is 70.3 Å². The van der Waals surface area contributed by atoms with Crippen LogP contribution in [-0.2, 0) is 6.54 Å². The highest BCUT2D eigenvalue weighted by Gasteiger charge is 2.23. The molecule has 4 rings (SSSR count). The number of hydrogen-bond acceptors (Lipinski definition) is 4. The summed E-state index contributed by atoms with van der Waals surface area (Å²) in [7, 11) is 0. The molecule has 1 amide bonds. The van der Waals surface area contributed by atoms with E-state index < -0.39 is 0 Å². The molecule has 0 atom stereocenters. The Balaban J connectivity index is 1.30. The van der Waals surface area contributed by atoms with Gasteiger partial charge in [0.05, 0.1) is 11.9 Å². The molecular formula is C23H30N4O. The van der Waals surface area contributed by atoms with Crippen LogP contribution in [0.2, 0.25) is 0 Å². The minimum absolute atomic E-state index is 0.0751. The Kier molecular flexibility index (Phi) is 5.91. The van der Waals surface area contributed by atoms with Crippen molar-refractivity contribution in [3.63, 3.8) is 0 Å². The minimum Gasteiger partial charge on any atom is -0.368 e. The topological polar surface area (TPSA) is 39.7 Å². The third-order valence-electron chi connectivity index (χ3n) is 6.02. The van der Waals surface area contributed by atoms with Gasteiger partial charge in [-0.3, -0.25) is 9.69 Å². The zero-order chi connectivity index (χ0) is 19.3. The summed E-state index contributed by atoms with van der Waals surface area (Å²) in [5, 5.41) is 0. The summed E-state index contributed by atoms with van der Waals surface area (Å²) in [5.74, 6) is 0.797. The summed E-state index contributed by atoms with van der Waals surface area (Å²) in [6.45, 7) is 9.05. The van der Waals surface area contributed by atoms with Crippen molar-refractivity contribution in [2.45, 2.75) is 26.3 Å². The molecule has 1 aromatic carbocycles. The third kappa shape index (κ3) is 4.53. The molecule has 0 saturated carbocycles. The number of hydrogen-bond donors (Lipinski definition) is 0. The van der Waals surface area contributed by atoms with Gasteiger partial charge in [-0.1, -0.05) is 37.3 Å². The van der Waals surface area contributed by atoms with Crippen LogP contribution in [0.4, 0.5) is 5.69 Å². The van der Waals surface area contributed by atoms with E-state index in [2.05, 4.69) is 58.1 Å². The van der Waals surface area contributed by atoms with E-state index in [-0.39, 0.29) is 5.91 Å². The van der Waals surface area contributed by atoms with Crippen molar-refractivity contribution < 1.29 is 4.79 Å². The Morgan fingerprint density at radius 3 is 2.32 bits per heavy atom. The van der Waals surface area contributed by atoms with Gasteiger partial charge in [0.2, 0.25) is 0 Å². The summed E-state index contributed by atoms with van der Waals surface area (Å²) < 4.78 is 0. The highest BCUT2D eigenvalue weighted by Crippen LogP contribution is 2.20. The molecule has 0 unspecified atom stereocenters. The van der Waals surface area contributed by atoms with Gasteiger partial charge in [-0.15, -0.1) is 0 Å². The van der Waals surface area contributed by atoms with Crippen molar-refractivity contribution in [1.29, 1.82) is 0 Å². The highest BCUT2D eigenvalue weighted by molar-refractivity contribution is 5.92. The maximum absolute atomic E-state index is 12.7. The average Bonchev–Trinajstić information content (AvgIpc) is 2.75. The molecule has 2 aliphatic heterocycles. The zero-order valence-corrected chi connectivity index (χ0v) is 16.8. The van der Waals surface area contributed by atoms with Gasteiger partial charge < -0.3 is 9.80 Å². The van der Waals surface area contributed by atoms with Crippen LogP contribution in [0.3, 0.4) is 0 Å². The number of amides is 1. The predicted molar refractivity (Wildman–Crippen MR) is 112 cm³/mol.